The fraction of sp³-hybridized carbons (Fsp3) is 0. The van der Waals surface area contributed by atoms with Gasteiger partial charge in [0.15, 0.2) is 5.75 Å². The second-order valence-electron chi connectivity index (χ2n) is 3.60. The van der Waals surface area contributed by atoms with E-state index in [2.05, 4.69) is 6.07 Å². The molecule has 1 aromatic heterocycles. The minimum atomic E-state index is 0.837. The lowest BCUT2D eigenvalue weighted by molar-refractivity contribution is 0.229. The highest BCUT2D eigenvalue weighted by atomic mass is 16.7. The third-order valence-corrected chi connectivity index (χ3v) is 2.51. The Hall–Kier alpha value is -2.22. The van der Waals surface area contributed by atoms with E-state index in [-0.39, 0.29) is 0 Å². The Bertz CT molecular complexity index is 598. The zero-order valence-corrected chi connectivity index (χ0v) is 8.71. The van der Waals surface area contributed by atoms with E-state index in [0.717, 1.165) is 11.3 Å². The van der Waals surface area contributed by atoms with Gasteiger partial charge in [0.1, 0.15) is 0 Å². The molecule has 0 radical (unpaired) electrons. The summed E-state index contributed by atoms with van der Waals surface area (Å²) in [5.74, 6) is 0.837. The van der Waals surface area contributed by atoms with E-state index in [9.17, 15) is 0 Å². The Labute approximate surface area is 93.7 Å². The van der Waals surface area contributed by atoms with E-state index in [0.29, 0.717) is 0 Å². The van der Waals surface area contributed by atoms with Crippen LogP contribution in [0.2, 0.25) is 0 Å². The molecule has 0 N–H and O–H groups in total. The maximum atomic E-state index is 5.75. The number of hydrogen-bond acceptors (Lipinski definition) is 1. The molecule has 0 aliphatic rings. The smallest absolute Gasteiger partial charge is 0.155 e. The largest absolute Gasteiger partial charge is 0.375 e. The van der Waals surface area contributed by atoms with E-state index in [1.165, 1.54) is 5.39 Å². The third-order valence-electron chi connectivity index (χ3n) is 2.51. The lowest BCUT2D eigenvalue weighted by atomic mass is 10.3. The topological polar surface area (TPSA) is 14.2 Å². The van der Waals surface area contributed by atoms with Crippen LogP contribution in [0, 0.1) is 0 Å². The van der Waals surface area contributed by atoms with Crippen molar-refractivity contribution in [2.45, 2.75) is 0 Å². The van der Waals surface area contributed by atoms with Gasteiger partial charge in [-0.2, -0.15) is 4.73 Å². The summed E-state index contributed by atoms with van der Waals surface area (Å²) in [6.45, 7) is 0. The lowest BCUT2D eigenvalue weighted by Gasteiger charge is -2.06. The number of rotatable bonds is 2. The number of nitrogens with zero attached hydrogens (tertiary/aromatic N) is 1. The molecule has 0 amide bonds. The molecular weight excluding hydrogens is 198 g/mol. The maximum Gasteiger partial charge on any atom is 0.155 e. The van der Waals surface area contributed by atoms with Gasteiger partial charge in [-0.25, -0.2) is 0 Å². The van der Waals surface area contributed by atoms with Crippen LogP contribution in [0.4, 0.5) is 0 Å². The standard InChI is InChI=1S/C14H11NO/c1-2-7-13(8-3-1)16-15-11-10-12-6-4-5-9-14(12)15/h1-11H. The summed E-state index contributed by atoms with van der Waals surface area (Å²) in [5, 5.41) is 1.18. The maximum absolute atomic E-state index is 5.75. The number of para-hydroxylation sites is 2. The van der Waals surface area contributed by atoms with Crippen LogP contribution >= 0.6 is 0 Å². The fourth-order valence-corrected chi connectivity index (χ4v) is 1.73. The summed E-state index contributed by atoms with van der Waals surface area (Å²) < 4.78 is 1.78. The van der Waals surface area contributed by atoms with E-state index in [1.54, 1.807) is 4.73 Å². The molecule has 0 saturated heterocycles. The molecule has 0 unspecified atom stereocenters. The van der Waals surface area contributed by atoms with Gasteiger partial charge in [0.05, 0.1) is 5.52 Å². The van der Waals surface area contributed by atoms with Crippen molar-refractivity contribution in [3.8, 4) is 5.75 Å². The molecule has 0 aliphatic carbocycles. The zero-order valence-electron chi connectivity index (χ0n) is 8.71. The van der Waals surface area contributed by atoms with Gasteiger partial charge in [-0.3, -0.25) is 0 Å². The minimum absolute atomic E-state index is 0.837. The van der Waals surface area contributed by atoms with Crippen LogP contribution in [0.5, 0.6) is 5.75 Å². The van der Waals surface area contributed by atoms with Gasteiger partial charge in [-0.15, -0.1) is 0 Å². The predicted octanol–water partition coefficient (Wildman–Crippen LogP) is 3.48. The Morgan fingerprint density at radius 3 is 2.38 bits per heavy atom. The summed E-state index contributed by atoms with van der Waals surface area (Å²) in [5.41, 5.74) is 1.08. The highest BCUT2D eigenvalue weighted by Gasteiger charge is 2.00. The molecule has 16 heavy (non-hydrogen) atoms. The van der Waals surface area contributed by atoms with Crippen LogP contribution in [0.1, 0.15) is 0 Å². The molecule has 2 heteroatoms. The first-order valence-corrected chi connectivity index (χ1v) is 5.23. The van der Waals surface area contributed by atoms with Gasteiger partial charge >= 0.3 is 0 Å². The minimum Gasteiger partial charge on any atom is -0.375 e. The molecule has 78 valence electrons. The Morgan fingerprint density at radius 1 is 0.750 bits per heavy atom. The molecule has 0 spiro atoms. The first kappa shape index (κ1) is 9.04. The van der Waals surface area contributed by atoms with Gasteiger partial charge in [0.2, 0.25) is 0 Å². The molecule has 3 rings (SSSR count). The summed E-state index contributed by atoms with van der Waals surface area (Å²) in [4.78, 5) is 5.75. The van der Waals surface area contributed by atoms with Gasteiger partial charge in [-0.05, 0) is 24.3 Å². The van der Waals surface area contributed by atoms with E-state index >= 15 is 0 Å². The second kappa shape index (κ2) is 3.74. The van der Waals surface area contributed by atoms with Crippen molar-refractivity contribution in [2.75, 3.05) is 0 Å². The van der Waals surface area contributed by atoms with Crippen molar-refractivity contribution >= 4 is 10.9 Å². The van der Waals surface area contributed by atoms with Crippen LogP contribution in [0.3, 0.4) is 0 Å². The van der Waals surface area contributed by atoms with Crippen LogP contribution in [0.25, 0.3) is 10.9 Å². The Kier molecular flexibility index (Phi) is 2.11. The first-order valence-electron chi connectivity index (χ1n) is 5.23. The summed E-state index contributed by atoms with van der Waals surface area (Å²) in [7, 11) is 0. The monoisotopic (exact) mass is 209 g/mol. The third kappa shape index (κ3) is 1.54. The van der Waals surface area contributed by atoms with E-state index in [1.807, 2.05) is 60.8 Å². The van der Waals surface area contributed by atoms with Gasteiger partial charge in [0.25, 0.3) is 0 Å². The molecular formula is C14H11NO. The number of benzene rings is 2. The van der Waals surface area contributed by atoms with Crippen LogP contribution < -0.4 is 4.84 Å². The van der Waals surface area contributed by atoms with Gasteiger partial charge in [-0.1, -0.05) is 36.4 Å². The Balaban J connectivity index is 2.01. The summed E-state index contributed by atoms with van der Waals surface area (Å²) in [6.07, 6.45) is 1.93. The van der Waals surface area contributed by atoms with Crippen LogP contribution in [-0.4, -0.2) is 4.73 Å². The first-order chi connectivity index (χ1) is 7.93. The molecule has 0 bridgehead atoms. The number of hydrogen-bond donors (Lipinski definition) is 0. The average molecular weight is 209 g/mol. The SMILES string of the molecule is c1ccc(On2ccc3ccccc32)cc1. The second-order valence-corrected chi connectivity index (χ2v) is 3.60. The number of fused-ring (bicyclic) bond motifs is 1. The molecule has 3 aromatic rings. The average Bonchev–Trinajstić information content (AvgIpc) is 2.74. The number of aromatic nitrogens is 1. The predicted molar refractivity (Wildman–Crippen MR) is 64.4 cm³/mol. The molecule has 0 atom stereocenters. The summed E-state index contributed by atoms with van der Waals surface area (Å²) in [6, 6.07) is 19.9. The molecule has 1 heterocycles. The quantitative estimate of drug-likeness (QED) is 0.630. The van der Waals surface area contributed by atoms with Gasteiger partial charge in [0, 0.05) is 11.6 Å². The normalized spacial score (nSPS) is 10.5. The highest BCUT2D eigenvalue weighted by molar-refractivity contribution is 5.79. The molecule has 0 fully saturated rings. The fourth-order valence-electron chi connectivity index (χ4n) is 1.73. The van der Waals surface area contributed by atoms with Crippen molar-refractivity contribution in [2.24, 2.45) is 0 Å². The van der Waals surface area contributed by atoms with Crippen LogP contribution in [0.15, 0.2) is 66.9 Å². The zero-order chi connectivity index (χ0) is 10.8. The highest BCUT2D eigenvalue weighted by Crippen LogP contribution is 2.17. The van der Waals surface area contributed by atoms with Crippen molar-refractivity contribution in [1.29, 1.82) is 0 Å². The van der Waals surface area contributed by atoms with E-state index < -0.39 is 0 Å². The molecule has 0 saturated carbocycles. The molecule has 2 nitrogen and oxygen atoms in total. The summed E-state index contributed by atoms with van der Waals surface area (Å²) >= 11 is 0. The van der Waals surface area contributed by atoms with Crippen molar-refractivity contribution in [3.63, 3.8) is 0 Å². The Morgan fingerprint density at radius 2 is 1.50 bits per heavy atom. The van der Waals surface area contributed by atoms with Gasteiger partial charge < -0.3 is 4.84 Å². The van der Waals surface area contributed by atoms with Crippen molar-refractivity contribution in [3.05, 3.63) is 66.9 Å². The molecule has 2 aromatic carbocycles. The van der Waals surface area contributed by atoms with Crippen LogP contribution in [-0.2, 0) is 0 Å². The van der Waals surface area contributed by atoms with Crippen molar-refractivity contribution in [1.82, 2.24) is 4.73 Å². The lowest BCUT2D eigenvalue weighted by Crippen LogP contribution is -2.02. The molecule has 0 aliphatic heterocycles. The van der Waals surface area contributed by atoms with E-state index in [4.69, 9.17) is 4.84 Å². The van der Waals surface area contributed by atoms with Crippen molar-refractivity contribution < 1.29 is 4.84 Å².